The quantitative estimate of drug-likeness (QED) is 0.754. The Morgan fingerprint density at radius 3 is 2.67 bits per heavy atom. The first-order valence-corrected chi connectivity index (χ1v) is 7.60. The number of hydrogen-bond acceptors (Lipinski definition) is 2. The molecule has 2 fully saturated rings. The number of carbonyl (C=O) groups is 1. The highest BCUT2D eigenvalue weighted by Crippen LogP contribution is 2.28. The van der Waals surface area contributed by atoms with Gasteiger partial charge in [0.2, 0.25) is 5.91 Å². The molecule has 1 atom stereocenters. The van der Waals surface area contributed by atoms with Crippen LogP contribution < -0.4 is 0 Å². The van der Waals surface area contributed by atoms with Crippen LogP contribution in [0.25, 0.3) is 0 Å². The van der Waals surface area contributed by atoms with Crippen molar-refractivity contribution < 1.29 is 9.53 Å². The van der Waals surface area contributed by atoms with Gasteiger partial charge in [-0.05, 0) is 25.2 Å². The third-order valence-corrected chi connectivity index (χ3v) is 4.56. The minimum atomic E-state index is 0.271. The van der Waals surface area contributed by atoms with Crippen LogP contribution in [0.5, 0.6) is 0 Å². The van der Waals surface area contributed by atoms with Gasteiger partial charge in [-0.2, -0.15) is 0 Å². The minimum Gasteiger partial charge on any atom is -0.380 e. The second-order valence-electron chi connectivity index (χ2n) is 5.88. The molecule has 0 aromatic carbocycles. The summed E-state index contributed by atoms with van der Waals surface area (Å²) in [6.45, 7) is 1.69. The molecule has 1 saturated carbocycles. The molecule has 0 spiro atoms. The third-order valence-electron chi connectivity index (χ3n) is 4.56. The van der Waals surface area contributed by atoms with Crippen LogP contribution in [0.15, 0.2) is 0 Å². The summed E-state index contributed by atoms with van der Waals surface area (Å²) >= 11 is 0. The highest BCUT2D eigenvalue weighted by Gasteiger charge is 2.25. The van der Waals surface area contributed by atoms with Gasteiger partial charge in [-0.15, -0.1) is 0 Å². The summed E-state index contributed by atoms with van der Waals surface area (Å²) in [7, 11) is 1.74. The fourth-order valence-corrected chi connectivity index (χ4v) is 3.32. The number of rotatable bonds is 5. The third kappa shape index (κ3) is 3.98. The Balaban J connectivity index is 1.60. The van der Waals surface area contributed by atoms with Crippen LogP contribution >= 0.6 is 0 Å². The average Bonchev–Trinajstić information content (AvgIpc) is 2.89. The molecule has 0 bridgehead atoms. The molecular weight excluding hydrogens is 226 g/mol. The number of carbonyl (C=O) groups excluding carboxylic acids is 1. The van der Waals surface area contributed by atoms with Gasteiger partial charge >= 0.3 is 0 Å². The van der Waals surface area contributed by atoms with E-state index >= 15 is 0 Å². The fourth-order valence-electron chi connectivity index (χ4n) is 3.32. The zero-order valence-corrected chi connectivity index (χ0v) is 11.7. The van der Waals surface area contributed by atoms with E-state index in [1.165, 1.54) is 38.5 Å². The van der Waals surface area contributed by atoms with Crippen molar-refractivity contribution in [2.75, 3.05) is 20.2 Å². The molecule has 1 heterocycles. The van der Waals surface area contributed by atoms with Crippen LogP contribution in [0, 0.1) is 5.92 Å². The Hall–Kier alpha value is -0.570. The van der Waals surface area contributed by atoms with Gasteiger partial charge in [-0.3, -0.25) is 4.79 Å². The monoisotopic (exact) mass is 253 g/mol. The van der Waals surface area contributed by atoms with Crippen molar-refractivity contribution in [2.24, 2.45) is 5.92 Å². The second kappa shape index (κ2) is 7.13. The molecule has 1 amide bonds. The highest BCUT2D eigenvalue weighted by atomic mass is 16.5. The minimum absolute atomic E-state index is 0.271. The SMILES string of the molecule is CO[C@@H]1CCN(C(=O)CCCC2CCCCC2)C1. The van der Waals surface area contributed by atoms with Crippen molar-refractivity contribution in [1.82, 2.24) is 4.90 Å². The first-order chi connectivity index (χ1) is 8.79. The lowest BCUT2D eigenvalue weighted by Gasteiger charge is -2.22. The van der Waals surface area contributed by atoms with Crippen molar-refractivity contribution in [3.05, 3.63) is 0 Å². The van der Waals surface area contributed by atoms with E-state index in [1.807, 2.05) is 4.90 Å². The smallest absolute Gasteiger partial charge is 0.222 e. The van der Waals surface area contributed by atoms with Gasteiger partial charge in [0.25, 0.3) is 0 Å². The van der Waals surface area contributed by atoms with Gasteiger partial charge in [0, 0.05) is 26.6 Å². The molecule has 2 rings (SSSR count). The molecule has 0 N–H and O–H groups in total. The molecule has 1 saturated heterocycles. The molecular formula is C15H27NO2. The van der Waals surface area contributed by atoms with Crippen molar-refractivity contribution in [3.63, 3.8) is 0 Å². The normalized spacial score (nSPS) is 25.6. The largest absolute Gasteiger partial charge is 0.380 e. The average molecular weight is 253 g/mol. The molecule has 1 aliphatic carbocycles. The molecule has 0 aromatic heterocycles. The lowest BCUT2D eigenvalue weighted by Crippen LogP contribution is -2.29. The Morgan fingerprint density at radius 1 is 1.22 bits per heavy atom. The van der Waals surface area contributed by atoms with Crippen molar-refractivity contribution in [1.29, 1.82) is 0 Å². The summed E-state index contributed by atoms with van der Waals surface area (Å²) in [4.78, 5) is 14.0. The van der Waals surface area contributed by atoms with Gasteiger partial charge in [-0.25, -0.2) is 0 Å². The molecule has 3 nitrogen and oxygen atoms in total. The lowest BCUT2D eigenvalue weighted by atomic mass is 9.86. The second-order valence-corrected chi connectivity index (χ2v) is 5.88. The Labute approximate surface area is 111 Å². The number of likely N-dealkylation sites (tertiary alicyclic amines) is 1. The molecule has 0 aromatic rings. The van der Waals surface area contributed by atoms with Gasteiger partial charge in [-0.1, -0.05) is 32.1 Å². The summed E-state index contributed by atoms with van der Waals surface area (Å²) in [5.74, 6) is 1.24. The summed E-state index contributed by atoms with van der Waals surface area (Å²) in [6, 6.07) is 0. The van der Waals surface area contributed by atoms with Gasteiger partial charge in [0.05, 0.1) is 6.10 Å². The van der Waals surface area contributed by atoms with Crippen molar-refractivity contribution in [3.8, 4) is 0 Å². The molecule has 18 heavy (non-hydrogen) atoms. The molecule has 1 aliphatic heterocycles. The van der Waals surface area contributed by atoms with E-state index in [4.69, 9.17) is 4.74 Å². The molecule has 2 aliphatic rings. The van der Waals surface area contributed by atoms with Crippen LogP contribution in [0.1, 0.15) is 57.8 Å². The predicted molar refractivity (Wildman–Crippen MR) is 72.4 cm³/mol. The van der Waals surface area contributed by atoms with Crippen LogP contribution in [-0.2, 0) is 9.53 Å². The van der Waals surface area contributed by atoms with Crippen LogP contribution in [0.2, 0.25) is 0 Å². The number of amides is 1. The Morgan fingerprint density at radius 2 is 2.00 bits per heavy atom. The van der Waals surface area contributed by atoms with E-state index in [2.05, 4.69) is 0 Å². The number of nitrogens with zero attached hydrogens (tertiary/aromatic N) is 1. The summed E-state index contributed by atoms with van der Waals surface area (Å²) in [5.41, 5.74) is 0. The standard InChI is InChI=1S/C15H27NO2/c1-18-14-10-11-16(12-14)15(17)9-5-8-13-6-3-2-4-7-13/h13-14H,2-12H2,1H3/t14-/m1/s1. The van der Waals surface area contributed by atoms with Crippen LogP contribution in [-0.4, -0.2) is 37.1 Å². The van der Waals surface area contributed by atoms with Gasteiger partial charge in [0.1, 0.15) is 0 Å². The molecule has 0 radical (unpaired) electrons. The van der Waals surface area contributed by atoms with Gasteiger partial charge in [0.15, 0.2) is 0 Å². The predicted octanol–water partition coefficient (Wildman–Crippen LogP) is 2.98. The Bertz CT molecular complexity index is 261. The highest BCUT2D eigenvalue weighted by molar-refractivity contribution is 5.76. The maximum atomic E-state index is 12.0. The van der Waals surface area contributed by atoms with E-state index in [0.717, 1.165) is 38.3 Å². The molecule has 0 unspecified atom stereocenters. The molecule has 104 valence electrons. The maximum absolute atomic E-state index is 12.0. The lowest BCUT2D eigenvalue weighted by molar-refractivity contribution is -0.130. The molecule has 3 heteroatoms. The fraction of sp³-hybridized carbons (Fsp3) is 0.933. The van der Waals surface area contributed by atoms with E-state index in [0.29, 0.717) is 5.91 Å². The summed E-state index contributed by atoms with van der Waals surface area (Å²) < 4.78 is 5.30. The van der Waals surface area contributed by atoms with Crippen LogP contribution in [0.4, 0.5) is 0 Å². The van der Waals surface area contributed by atoms with E-state index in [1.54, 1.807) is 7.11 Å². The van der Waals surface area contributed by atoms with E-state index in [9.17, 15) is 4.79 Å². The summed E-state index contributed by atoms with van der Waals surface area (Å²) in [6.07, 6.45) is 11.4. The van der Waals surface area contributed by atoms with Gasteiger partial charge < -0.3 is 9.64 Å². The maximum Gasteiger partial charge on any atom is 0.222 e. The number of ether oxygens (including phenoxy) is 1. The van der Waals surface area contributed by atoms with Crippen molar-refractivity contribution >= 4 is 5.91 Å². The number of methoxy groups -OCH3 is 1. The van der Waals surface area contributed by atoms with E-state index < -0.39 is 0 Å². The first kappa shape index (κ1) is 13.9. The zero-order valence-electron chi connectivity index (χ0n) is 11.7. The first-order valence-electron chi connectivity index (χ1n) is 7.60. The van der Waals surface area contributed by atoms with E-state index in [-0.39, 0.29) is 6.10 Å². The topological polar surface area (TPSA) is 29.5 Å². The van der Waals surface area contributed by atoms with Crippen LogP contribution in [0.3, 0.4) is 0 Å². The number of hydrogen-bond donors (Lipinski definition) is 0. The Kier molecular flexibility index (Phi) is 5.48. The summed E-state index contributed by atoms with van der Waals surface area (Å²) in [5, 5.41) is 0. The zero-order chi connectivity index (χ0) is 12.8. The van der Waals surface area contributed by atoms with Crippen molar-refractivity contribution in [2.45, 2.75) is 63.9 Å².